The van der Waals surface area contributed by atoms with Crippen molar-refractivity contribution >= 4 is 0 Å². The fraction of sp³-hybridized carbons (Fsp3) is 0.524. The van der Waals surface area contributed by atoms with Crippen LogP contribution in [0.3, 0.4) is 0 Å². The van der Waals surface area contributed by atoms with E-state index in [4.69, 9.17) is 0 Å². The Kier molecular flexibility index (Phi) is 11.1. The maximum atomic E-state index is 9.40. The van der Waals surface area contributed by atoms with Crippen LogP contribution in [0.15, 0.2) is 49.1 Å². The average molecular weight is 300 g/mol. The largest absolute Gasteiger partial charge is 0.508 e. The molecular formula is C21H32O. The monoisotopic (exact) mass is 300 g/mol. The van der Waals surface area contributed by atoms with E-state index in [1.165, 1.54) is 63.4 Å². The Labute approximate surface area is 136 Å². The van der Waals surface area contributed by atoms with Crippen LogP contribution in [0.2, 0.25) is 0 Å². The van der Waals surface area contributed by atoms with Gasteiger partial charge in [0.25, 0.3) is 0 Å². The zero-order valence-corrected chi connectivity index (χ0v) is 14.0. The van der Waals surface area contributed by atoms with Gasteiger partial charge in [0, 0.05) is 0 Å². The summed E-state index contributed by atoms with van der Waals surface area (Å²) in [5.74, 6) is 0.382. The van der Waals surface area contributed by atoms with Crippen LogP contribution in [0.5, 0.6) is 5.75 Å². The zero-order chi connectivity index (χ0) is 15.9. The van der Waals surface area contributed by atoms with Crippen LogP contribution in [-0.4, -0.2) is 5.11 Å². The summed E-state index contributed by atoms with van der Waals surface area (Å²) in [6.45, 7) is 3.75. The van der Waals surface area contributed by atoms with Gasteiger partial charge in [-0.2, -0.15) is 0 Å². The standard InChI is InChI=1S/C21H32O/c1-2-3-4-5-6-7-8-9-10-11-12-13-14-16-20-17-15-18-21(22)19-20/h2,8-9,15,17-19,22H,1,3-7,10-14,16H2/b9-8+. The lowest BCUT2D eigenvalue weighted by Gasteiger charge is -2.02. The molecule has 1 heteroatoms. The van der Waals surface area contributed by atoms with E-state index >= 15 is 0 Å². The molecule has 0 heterocycles. The fourth-order valence-corrected chi connectivity index (χ4v) is 2.62. The lowest BCUT2D eigenvalue weighted by Crippen LogP contribution is -1.85. The maximum absolute atomic E-state index is 9.40. The van der Waals surface area contributed by atoms with Crippen LogP contribution in [0, 0.1) is 0 Å². The first-order valence-electron chi connectivity index (χ1n) is 8.86. The van der Waals surface area contributed by atoms with E-state index in [-0.39, 0.29) is 0 Å². The van der Waals surface area contributed by atoms with E-state index in [0.29, 0.717) is 5.75 Å². The van der Waals surface area contributed by atoms with Gasteiger partial charge in [-0.3, -0.25) is 0 Å². The Morgan fingerprint density at radius 1 is 0.818 bits per heavy atom. The van der Waals surface area contributed by atoms with Crippen molar-refractivity contribution in [2.45, 2.75) is 70.6 Å². The van der Waals surface area contributed by atoms with E-state index < -0.39 is 0 Å². The Balaban J connectivity index is 1.88. The number of aryl methyl sites for hydroxylation is 1. The number of phenols is 1. The van der Waals surface area contributed by atoms with E-state index in [1.807, 2.05) is 18.2 Å². The van der Waals surface area contributed by atoms with Crippen LogP contribution < -0.4 is 0 Å². The van der Waals surface area contributed by atoms with Crippen LogP contribution in [-0.2, 0) is 6.42 Å². The van der Waals surface area contributed by atoms with Crippen LogP contribution in [0.4, 0.5) is 0 Å². The summed E-state index contributed by atoms with van der Waals surface area (Å²) in [6.07, 6.45) is 20.4. The van der Waals surface area contributed by atoms with Gasteiger partial charge in [0.2, 0.25) is 0 Å². The molecule has 1 N–H and O–H groups in total. The first kappa shape index (κ1) is 18.5. The highest BCUT2D eigenvalue weighted by Gasteiger charge is 1.95. The third-order valence-electron chi connectivity index (χ3n) is 3.94. The number of benzene rings is 1. The van der Waals surface area contributed by atoms with Gasteiger partial charge >= 0.3 is 0 Å². The van der Waals surface area contributed by atoms with E-state index in [0.717, 1.165) is 12.8 Å². The minimum absolute atomic E-state index is 0.382. The second-order valence-corrected chi connectivity index (χ2v) is 6.02. The molecule has 1 aromatic rings. The lowest BCUT2D eigenvalue weighted by molar-refractivity contribution is 0.474. The van der Waals surface area contributed by atoms with Crippen molar-refractivity contribution in [2.24, 2.45) is 0 Å². The summed E-state index contributed by atoms with van der Waals surface area (Å²) in [5.41, 5.74) is 1.25. The van der Waals surface area contributed by atoms with Crippen molar-refractivity contribution in [3.8, 4) is 5.75 Å². The highest BCUT2D eigenvalue weighted by molar-refractivity contribution is 5.27. The summed E-state index contributed by atoms with van der Waals surface area (Å²) in [7, 11) is 0. The number of aromatic hydroxyl groups is 1. The maximum Gasteiger partial charge on any atom is 0.115 e. The molecule has 0 spiro atoms. The molecule has 122 valence electrons. The normalized spacial score (nSPS) is 11.1. The highest BCUT2D eigenvalue weighted by Crippen LogP contribution is 2.14. The summed E-state index contributed by atoms with van der Waals surface area (Å²) in [6, 6.07) is 7.62. The third kappa shape index (κ3) is 10.3. The molecule has 1 aromatic carbocycles. The number of phenolic OH excluding ortho intramolecular Hbond substituents is 1. The van der Waals surface area contributed by atoms with Crippen molar-refractivity contribution in [2.75, 3.05) is 0 Å². The van der Waals surface area contributed by atoms with Crippen LogP contribution in [0.1, 0.15) is 69.8 Å². The third-order valence-corrected chi connectivity index (χ3v) is 3.94. The summed E-state index contributed by atoms with van der Waals surface area (Å²) < 4.78 is 0. The summed E-state index contributed by atoms with van der Waals surface area (Å²) in [4.78, 5) is 0. The topological polar surface area (TPSA) is 20.2 Å². The van der Waals surface area contributed by atoms with E-state index in [1.54, 1.807) is 6.07 Å². The Morgan fingerprint density at radius 3 is 2.14 bits per heavy atom. The van der Waals surface area contributed by atoms with Gasteiger partial charge in [0.1, 0.15) is 5.75 Å². The van der Waals surface area contributed by atoms with Gasteiger partial charge in [0.05, 0.1) is 0 Å². The molecule has 0 aliphatic carbocycles. The molecule has 22 heavy (non-hydrogen) atoms. The highest BCUT2D eigenvalue weighted by atomic mass is 16.3. The predicted molar refractivity (Wildman–Crippen MR) is 97.3 cm³/mol. The van der Waals surface area contributed by atoms with Crippen LogP contribution in [0.25, 0.3) is 0 Å². The molecular weight excluding hydrogens is 268 g/mol. The predicted octanol–water partition coefficient (Wildman–Crippen LogP) is 6.58. The van der Waals surface area contributed by atoms with Crippen LogP contribution >= 0.6 is 0 Å². The minimum Gasteiger partial charge on any atom is -0.508 e. The second kappa shape index (κ2) is 13.2. The zero-order valence-electron chi connectivity index (χ0n) is 14.0. The summed E-state index contributed by atoms with van der Waals surface area (Å²) in [5, 5.41) is 9.40. The molecule has 0 radical (unpaired) electrons. The lowest BCUT2D eigenvalue weighted by atomic mass is 10.0. The van der Waals surface area contributed by atoms with Crippen molar-refractivity contribution in [1.29, 1.82) is 0 Å². The quantitative estimate of drug-likeness (QED) is 0.322. The molecule has 0 atom stereocenters. The summed E-state index contributed by atoms with van der Waals surface area (Å²) >= 11 is 0. The Morgan fingerprint density at radius 2 is 1.45 bits per heavy atom. The SMILES string of the molecule is C=CCCCCC/C=C/CCCCCCc1cccc(O)c1. The number of hydrogen-bond donors (Lipinski definition) is 1. The first-order chi connectivity index (χ1) is 10.8. The van der Waals surface area contributed by atoms with Crippen molar-refractivity contribution in [1.82, 2.24) is 0 Å². The Hall–Kier alpha value is -1.50. The molecule has 0 aromatic heterocycles. The number of hydrogen-bond acceptors (Lipinski definition) is 1. The molecule has 0 aliphatic rings. The van der Waals surface area contributed by atoms with Gasteiger partial charge in [-0.05, 0) is 69.1 Å². The van der Waals surface area contributed by atoms with Crippen molar-refractivity contribution in [3.05, 3.63) is 54.6 Å². The molecule has 0 fully saturated rings. The van der Waals surface area contributed by atoms with Gasteiger partial charge in [-0.25, -0.2) is 0 Å². The molecule has 0 aliphatic heterocycles. The van der Waals surface area contributed by atoms with Crippen molar-refractivity contribution in [3.63, 3.8) is 0 Å². The van der Waals surface area contributed by atoms with Crippen molar-refractivity contribution < 1.29 is 5.11 Å². The van der Waals surface area contributed by atoms with Gasteiger partial charge < -0.3 is 5.11 Å². The Bertz CT molecular complexity index is 420. The van der Waals surface area contributed by atoms with Gasteiger partial charge in [-0.1, -0.05) is 49.6 Å². The molecule has 1 rings (SSSR count). The van der Waals surface area contributed by atoms with E-state index in [9.17, 15) is 5.11 Å². The average Bonchev–Trinajstić information content (AvgIpc) is 2.52. The molecule has 0 bridgehead atoms. The number of unbranched alkanes of at least 4 members (excludes halogenated alkanes) is 8. The molecule has 0 amide bonds. The first-order valence-corrected chi connectivity index (χ1v) is 8.86. The molecule has 0 unspecified atom stereocenters. The second-order valence-electron chi connectivity index (χ2n) is 6.02. The number of allylic oxidation sites excluding steroid dienone is 3. The minimum atomic E-state index is 0.382. The molecule has 0 saturated carbocycles. The molecule has 1 nitrogen and oxygen atoms in total. The fourth-order valence-electron chi connectivity index (χ4n) is 2.62. The van der Waals surface area contributed by atoms with E-state index in [2.05, 4.69) is 24.8 Å². The smallest absolute Gasteiger partial charge is 0.115 e. The number of rotatable bonds is 13. The van der Waals surface area contributed by atoms with Gasteiger partial charge in [0.15, 0.2) is 0 Å². The molecule has 0 saturated heterocycles. The van der Waals surface area contributed by atoms with Gasteiger partial charge in [-0.15, -0.1) is 6.58 Å².